The molecule has 1 N–H and O–H groups in total. The molecule has 6 heteroatoms. The van der Waals surface area contributed by atoms with Gasteiger partial charge in [0.25, 0.3) is 11.7 Å². The van der Waals surface area contributed by atoms with Crippen molar-refractivity contribution in [3.8, 4) is 0 Å². The Morgan fingerprint density at radius 3 is 2.89 bits per heavy atom. The molecule has 2 heterocycles. The van der Waals surface area contributed by atoms with Gasteiger partial charge in [-0.3, -0.25) is 9.59 Å². The SMILES string of the molecule is CCc1nc(C)sc1CNC(=O)C(=O)c1ccco1. The van der Waals surface area contributed by atoms with Crippen molar-refractivity contribution in [1.82, 2.24) is 10.3 Å². The smallest absolute Gasteiger partial charge is 0.296 e. The zero-order valence-electron chi connectivity index (χ0n) is 10.7. The molecule has 0 saturated heterocycles. The Kier molecular flexibility index (Phi) is 4.11. The first-order valence-corrected chi connectivity index (χ1v) is 6.74. The monoisotopic (exact) mass is 278 g/mol. The van der Waals surface area contributed by atoms with Gasteiger partial charge >= 0.3 is 0 Å². The highest BCUT2D eigenvalue weighted by molar-refractivity contribution is 7.11. The molecule has 2 aromatic rings. The largest absolute Gasteiger partial charge is 0.461 e. The van der Waals surface area contributed by atoms with Gasteiger partial charge in [0.2, 0.25) is 0 Å². The highest BCUT2D eigenvalue weighted by Gasteiger charge is 2.19. The lowest BCUT2D eigenvalue weighted by atomic mass is 10.2. The van der Waals surface area contributed by atoms with Gasteiger partial charge < -0.3 is 9.73 Å². The fraction of sp³-hybridized carbons (Fsp3) is 0.308. The van der Waals surface area contributed by atoms with Crippen LogP contribution in [-0.2, 0) is 17.8 Å². The molecular formula is C13H14N2O3S. The number of carbonyl (C=O) groups is 2. The molecule has 100 valence electrons. The first-order valence-electron chi connectivity index (χ1n) is 5.93. The minimum atomic E-state index is -0.664. The van der Waals surface area contributed by atoms with E-state index in [-0.39, 0.29) is 5.76 Å². The third-order valence-electron chi connectivity index (χ3n) is 2.58. The van der Waals surface area contributed by atoms with Crippen molar-refractivity contribution in [3.63, 3.8) is 0 Å². The second-order valence-corrected chi connectivity index (χ2v) is 5.23. The van der Waals surface area contributed by atoms with E-state index in [0.717, 1.165) is 22.0 Å². The van der Waals surface area contributed by atoms with Crippen molar-refractivity contribution in [3.05, 3.63) is 39.7 Å². The Bertz CT molecular complexity index is 587. The number of carbonyl (C=O) groups excluding carboxylic acids is 2. The van der Waals surface area contributed by atoms with Gasteiger partial charge in [0.15, 0.2) is 5.76 Å². The van der Waals surface area contributed by atoms with E-state index < -0.39 is 11.7 Å². The van der Waals surface area contributed by atoms with Gasteiger partial charge in [-0.05, 0) is 25.5 Å². The van der Waals surface area contributed by atoms with Gasteiger partial charge in [0.05, 0.1) is 23.5 Å². The fourth-order valence-corrected chi connectivity index (χ4v) is 2.65. The maximum Gasteiger partial charge on any atom is 0.296 e. The van der Waals surface area contributed by atoms with E-state index in [1.807, 2.05) is 13.8 Å². The third kappa shape index (κ3) is 3.08. The Morgan fingerprint density at radius 2 is 2.26 bits per heavy atom. The van der Waals surface area contributed by atoms with Crippen LogP contribution in [0.5, 0.6) is 0 Å². The van der Waals surface area contributed by atoms with Crippen molar-refractivity contribution < 1.29 is 14.0 Å². The van der Waals surface area contributed by atoms with E-state index in [2.05, 4.69) is 10.3 Å². The molecule has 0 spiro atoms. The van der Waals surface area contributed by atoms with Crippen LogP contribution in [0.4, 0.5) is 0 Å². The van der Waals surface area contributed by atoms with Crippen LogP contribution in [0.25, 0.3) is 0 Å². The summed E-state index contributed by atoms with van der Waals surface area (Å²) in [6.07, 6.45) is 2.17. The van der Waals surface area contributed by atoms with Crippen LogP contribution in [0.2, 0.25) is 0 Å². The van der Waals surface area contributed by atoms with Gasteiger partial charge in [-0.1, -0.05) is 6.92 Å². The van der Waals surface area contributed by atoms with Crippen LogP contribution in [-0.4, -0.2) is 16.7 Å². The molecule has 0 aliphatic heterocycles. The molecule has 1 amide bonds. The van der Waals surface area contributed by atoms with Crippen LogP contribution in [0, 0.1) is 6.92 Å². The summed E-state index contributed by atoms with van der Waals surface area (Å²) >= 11 is 1.53. The van der Waals surface area contributed by atoms with Gasteiger partial charge in [-0.2, -0.15) is 0 Å². The number of amides is 1. The van der Waals surface area contributed by atoms with E-state index in [1.54, 1.807) is 6.07 Å². The van der Waals surface area contributed by atoms with Gasteiger partial charge in [0, 0.05) is 4.88 Å². The minimum absolute atomic E-state index is 0.0497. The van der Waals surface area contributed by atoms with Crippen LogP contribution >= 0.6 is 11.3 Å². The first kappa shape index (κ1) is 13.5. The number of nitrogens with zero attached hydrogens (tertiary/aromatic N) is 1. The summed E-state index contributed by atoms with van der Waals surface area (Å²) in [4.78, 5) is 28.7. The van der Waals surface area contributed by atoms with E-state index in [9.17, 15) is 9.59 Å². The summed E-state index contributed by atoms with van der Waals surface area (Å²) in [5, 5.41) is 3.55. The van der Waals surface area contributed by atoms with E-state index in [4.69, 9.17) is 4.42 Å². The number of ketones is 1. The number of hydrogen-bond acceptors (Lipinski definition) is 5. The average Bonchev–Trinajstić information content (AvgIpc) is 3.03. The average molecular weight is 278 g/mol. The Labute approximate surface area is 114 Å². The Hall–Kier alpha value is -1.95. The van der Waals surface area contributed by atoms with Crippen LogP contribution < -0.4 is 5.32 Å². The topological polar surface area (TPSA) is 72.2 Å². The summed E-state index contributed by atoms with van der Waals surface area (Å²) < 4.78 is 4.90. The molecule has 19 heavy (non-hydrogen) atoms. The highest BCUT2D eigenvalue weighted by Crippen LogP contribution is 2.18. The normalized spacial score (nSPS) is 10.4. The number of rotatable bonds is 5. The van der Waals surface area contributed by atoms with E-state index in [1.165, 1.54) is 23.7 Å². The minimum Gasteiger partial charge on any atom is -0.461 e. The zero-order chi connectivity index (χ0) is 13.8. The van der Waals surface area contributed by atoms with Crippen molar-refractivity contribution in [2.75, 3.05) is 0 Å². The molecule has 0 unspecified atom stereocenters. The second kappa shape index (κ2) is 5.79. The summed E-state index contributed by atoms with van der Waals surface area (Å²) in [5.41, 5.74) is 0.966. The number of Topliss-reactive ketones (excluding diaryl/α,β-unsaturated/α-hetero) is 1. The summed E-state index contributed by atoms with van der Waals surface area (Å²) in [6.45, 7) is 4.25. The number of nitrogens with one attached hydrogen (secondary N) is 1. The van der Waals surface area contributed by atoms with Crippen LogP contribution in [0.3, 0.4) is 0 Å². The third-order valence-corrected chi connectivity index (χ3v) is 3.59. The molecule has 0 aliphatic rings. The summed E-state index contributed by atoms with van der Waals surface area (Å²) in [5.74, 6) is -1.28. The summed E-state index contributed by atoms with van der Waals surface area (Å²) in [7, 11) is 0. The number of furan rings is 1. The lowest BCUT2D eigenvalue weighted by Crippen LogP contribution is -2.30. The second-order valence-electron chi connectivity index (χ2n) is 3.95. The molecule has 2 aromatic heterocycles. The number of thiazole rings is 1. The molecule has 0 aromatic carbocycles. The first-order chi connectivity index (χ1) is 9.11. The van der Waals surface area contributed by atoms with Crippen molar-refractivity contribution >= 4 is 23.0 Å². The Balaban J connectivity index is 1.98. The molecule has 0 radical (unpaired) electrons. The van der Waals surface area contributed by atoms with Gasteiger partial charge in [0.1, 0.15) is 0 Å². The van der Waals surface area contributed by atoms with Crippen LogP contribution in [0.1, 0.15) is 33.1 Å². The highest BCUT2D eigenvalue weighted by atomic mass is 32.1. The maximum absolute atomic E-state index is 11.7. The predicted molar refractivity (Wildman–Crippen MR) is 71.1 cm³/mol. The maximum atomic E-state index is 11.7. The molecule has 0 atom stereocenters. The fourth-order valence-electron chi connectivity index (χ4n) is 1.69. The molecule has 0 saturated carbocycles. The number of aryl methyl sites for hydroxylation is 2. The van der Waals surface area contributed by atoms with Gasteiger partial charge in [-0.25, -0.2) is 4.98 Å². The van der Waals surface area contributed by atoms with E-state index >= 15 is 0 Å². The summed E-state index contributed by atoms with van der Waals surface area (Å²) in [6, 6.07) is 3.04. The predicted octanol–water partition coefficient (Wildman–Crippen LogP) is 2.11. The van der Waals surface area contributed by atoms with Crippen molar-refractivity contribution in [2.24, 2.45) is 0 Å². The molecular weight excluding hydrogens is 264 g/mol. The quantitative estimate of drug-likeness (QED) is 0.671. The standard InChI is InChI=1S/C13H14N2O3S/c1-3-9-11(19-8(2)15-9)7-14-13(17)12(16)10-5-4-6-18-10/h4-6H,3,7H2,1-2H3,(H,14,17). The van der Waals surface area contributed by atoms with Crippen LogP contribution in [0.15, 0.2) is 22.8 Å². The van der Waals surface area contributed by atoms with E-state index in [0.29, 0.717) is 6.54 Å². The molecule has 2 rings (SSSR count). The Morgan fingerprint density at radius 1 is 1.47 bits per heavy atom. The van der Waals surface area contributed by atoms with Gasteiger partial charge in [-0.15, -0.1) is 11.3 Å². The van der Waals surface area contributed by atoms with Crippen molar-refractivity contribution in [1.29, 1.82) is 0 Å². The number of aromatic nitrogens is 1. The molecule has 0 fully saturated rings. The zero-order valence-corrected chi connectivity index (χ0v) is 11.5. The molecule has 0 bridgehead atoms. The lowest BCUT2D eigenvalue weighted by molar-refractivity contribution is -0.117. The number of hydrogen-bond donors (Lipinski definition) is 1. The lowest BCUT2D eigenvalue weighted by Gasteiger charge is -2.02. The molecule has 0 aliphatic carbocycles. The van der Waals surface area contributed by atoms with Crippen molar-refractivity contribution in [2.45, 2.75) is 26.8 Å². The molecule has 5 nitrogen and oxygen atoms in total.